The molecular formula is C12H18BrNS. The van der Waals surface area contributed by atoms with Crippen molar-refractivity contribution in [3.8, 4) is 0 Å². The highest BCUT2D eigenvalue weighted by Gasteiger charge is 2.32. The van der Waals surface area contributed by atoms with Gasteiger partial charge in [-0.25, -0.2) is 0 Å². The minimum atomic E-state index is 0.714. The van der Waals surface area contributed by atoms with Crippen molar-refractivity contribution >= 4 is 27.3 Å². The van der Waals surface area contributed by atoms with Gasteiger partial charge in [0.25, 0.3) is 0 Å². The van der Waals surface area contributed by atoms with Gasteiger partial charge in [-0.15, -0.1) is 11.3 Å². The average molecular weight is 288 g/mol. The van der Waals surface area contributed by atoms with E-state index in [2.05, 4.69) is 46.5 Å². The van der Waals surface area contributed by atoms with Crippen LogP contribution < -0.4 is 5.32 Å². The number of rotatable bonds is 5. The highest BCUT2D eigenvalue weighted by molar-refractivity contribution is 9.10. The van der Waals surface area contributed by atoms with Crippen molar-refractivity contribution in [3.05, 3.63) is 20.8 Å². The fraction of sp³-hybridized carbons (Fsp3) is 0.667. The molecule has 1 heterocycles. The molecule has 0 aliphatic heterocycles. The van der Waals surface area contributed by atoms with E-state index in [0.29, 0.717) is 6.04 Å². The Hall–Kier alpha value is 0.140. The molecule has 0 spiro atoms. The molecule has 0 amide bonds. The van der Waals surface area contributed by atoms with Crippen LogP contribution in [-0.4, -0.2) is 6.04 Å². The third-order valence-corrected chi connectivity index (χ3v) is 4.68. The normalized spacial score (nSPS) is 18.4. The lowest BCUT2D eigenvalue weighted by Gasteiger charge is -2.21. The molecule has 1 fully saturated rings. The number of thiophene rings is 1. The molecule has 1 aliphatic carbocycles. The monoisotopic (exact) mass is 287 g/mol. The van der Waals surface area contributed by atoms with Crippen molar-refractivity contribution < 1.29 is 0 Å². The van der Waals surface area contributed by atoms with Crippen LogP contribution in [0.5, 0.6) is 0 Å². The van der Waals surface area contributed by atoms with E-state index in [1.54, 1.807) is 0 Å². The molecule has 0 radical (unpaired) electrons. The van der Waals surface area contributed by atoms with Gasteiger partial charge in [-0.05, 0) is 46.7 Å². The van der Waals surface area contributed by atoms with E-state index in [0.717, 1.165) is 18.4 Å². The van der Waals surface area contributed by atoms with Gasteiger partial charge in [0.2, 0.25) is 0 Å². The minimum Gasteiger partial charge on any atom is -0.309 e. The molecule has 1 nitrogen and oxygen atoms in total. The van der Waals surface area contributed by atoms with Crippen LogP contribution in [0.15, 0.2) is 15.9 Å². The first-order valence-electron chi connectivity index (χ1n) is 5.63. The summed E-state index contributed by atoms with van der Waals surface area (Å²) in [6.45, 7) is 5.66. The smallest absolute Gasteiger partial charge is 0.0302 e. The molecule has 1 atom stereocenters. The number of hydrogen-bond donors (Lipinski definition) is 1. The van der Waals surface area contributed by atoms with Gasteiger partial charge in [0.15, 0.2) is 0 Å². The van der Waals surface area contributed by atoms with Gasteiger partial charge in [-0.2, -0.15) is 0 Å². The van der Waals surface area contributed by atoms with Gasteiger partial charge in [0, 0.05) is 27.3 Å². The molecule has 0 saturated heterocycles. The highest BCUT2D eigenvalue weighted by Crippen LogP contribution is 2.36. The summed E-state index contributed by atoms with van der Waals surface area (Å²) in [5, 5.41) is 5.85. The summed E-state index contributed by atoms with van der Waals surface area (Å²) < 4.78 is 1.21. The molecule has 1 saturated carbocycles. The second-order valence-corrected chi connectivity index (χ2v) is 6.63. The van der Waals surface area contributed by atoms with Crippen molar-refractivity contribution in [2.75, 3.05) is 0 Å². The van der Waals surface area contributed by atoms with Crippen LogP contribution in [0.2, 0.25) is 0 Å². The van der Waals surface area contributed by atoms with Gasteiger partial charge in [0.1, 0.15) is 0 Å². The SMILES string of the molecule is CC(C)C(NCc1cc(Br)cs1)C1CC1. The zero-order valence-electron chi connectivity index (χ0n) is 9.29. The zero-order chi connectivity index (χ0) is 10.8. The van der Waals surface area contributed by atoms with Gasteiger partial charge >= 0.3 is 0 Å². The summed E-state index contributed by atoms with van der Waals surface area (Å²) in [6.07, 6.45) is 2.84. The molecule has 1 aromatic heterocycles. The van der Waals surface area contributed by atoms with Crippen LogP contribution in [0.4, 0.5) is 0 Å². The lowest BCUT2D eigenvalue weighted by Crippen LogP contribution is -2.35. The Kier molecular flexibility index (Phi) is 3.86. The van der Waals surface area contributed by atoms with Crippen LogP contribution in [-0.2, 0) is 6.54 Å². The summed E-state index contributed by atoms with van der Waals surface area (Å²) in [7, 11) is 0. The maximum absolute atomic E-state index is 3.70. The molecule has 2 rings (SSSR count). The predicted octanol–water partition coefficient (Wildman–Crippen LogP) is 4.03. The van der Waals surface area contributed by atoms with E-state index in [-0.39, 0.29) is 0 Å². The molecule has 1 N–H and O–H groups in total. The Bertz CT molecular complexity index is 315. The van der Waals surface area contributed by atoms with E-state index in [9.17, 15) is 0 Å². The first-order chi connectivity index (χ1) is 7.16. The molecule has 0 aromatic carbocycles. The summed E-state index contributed by atoms with van der Waals surface area (Å²) in [6, 6.07) is 2.92. The summed E-state index contributed by atoms with van der Waals surface area (Å²) in [5.41, 5.74) is 0. The molecule has 1 aliphatic rings. The van der Waals surface area contributed by atoms with Gasteiger partial charge in [-0.1, -0.05) is 13.8 Å². The average Bonchev–Trinajstić information content (AvgIpc) is 2.90. The standard InChI is InChI=1S/C12H18BrNS/c1-8(2)12(9-3-4-9)14-6-11-5-10(13)7-15-11/h5,7-9,12,14H,3-4,6H2,1-2H3. The zero-order valence-corrected chi connectivity index (χ0v) is 11.7. The van der Waals surface area contributed by atoms with E-state index in [1.807, 2.05) is 11.3 Å². The lowest BCUT2D eigenvalue weighted by molar-refractivity contribution is 0.360. The third kappa shape index (κ3) is 3.30. The first kappa shape index (κ1) is 11.6. The van der Waals surface area contributed by atoms with Crippen LogP contribution in [0.25, 0.3) is 0 Å². The maximum Gasteiger partial charge on any atom is 0.0302 e. The molecule has 0 bridgehead atoms. The highest BCUT2D eigenvalue weighted by atomic mass is 79.9. The second-order valence-electron chi connectivity index (χ2n) is 4.72. The van der Waals surface area contributed by atoms with Crippen molar-refractivity contribution in [2.24, 2.45) is 11.8 Å². The van der Waals surface area contributed by atoms with Gasteiger partial charge in [0.05, 0.1) is 0 Å². The number of halogens is 1. The topological polar surface area (TPSA) is 12.0 Å². The number of nitrogens with one attached hydrogen (secondary N) is 1. The summed E-state index contributed by atoms with van der Waals surface area (Å²) in [4.78, 5) is 1.42. The van der Waals surface area contributed by atoms with Crippen LogP contribution in [0.3, 0.4) is 0 Å². The Labute approximate surface area is 104 Å². The molecule has 1 aromatic rings. The third-order valence-electron chi connectivity index (χ3n) is 2.98. The van der Waals surface area contributed by atoms with Crippen molar-refractivity contribution in [3.63, 3.8) is 0 Å². The first-order valence-corrected chi connectivity index (χ1v) is 7.30. The second kappa shape index (κ2) is 4.98. The molecule has 1 unspecified atom stereocenters. The summed E-state index contributed by atoms with van der Waals surface area (Å²) >= 11 is 5.32. The van der Waals surface area contributed by atoms with E-state index in [4.69, 9.17) is 0 Å². The lowest BCUT2D eigenvalue weighted by atomic mass is 9.99. The van der Waals surface area contributed by atoms with Gasteiger partial charge < -0.3 is 5.32 Å². The Balaban J connectivity index is 1.85. The minimum absolute atomic E-state index is 0.714. The largest absolute Gasteiger partial charge is 0.309 e. The van der Waals surface area contributed by atoms with E-state index < -0.39 is 0 Å². The molecule has 3 heteroatoms. The Morgan fingerprint density at radius 2 is 2.27 bits per heavy atom. The van der Waals surface area contributed by atoms with E-state index in [1.165, 1.54) is 22.2 Å². The fourth-order valence-electron chi connectivity index (χ4n) is 2.07. The molecule has 15 heavy (non-hydrogen) atoms. The van der Waals surface area contributed by atoms with Crippen molar-refractivity contribution in [1.82, 2.24) is 5.32 Å². The van der Waals surface area contributed by atoms with E-state index >= 15 is 0 Å². The molecule has 84 valence electrons. The maximum atomic E-state index is 3.70. The predicted molar refractivity (Wildman–Crippen MR) is 70.2 cm³/mol. The van der Waals surface area contributed by atoms with Crippen molar-refractivity contribution in [1.29, 1.82) is 0 Å². The van der Waals surface area contributed by atoms with Crippen LogP contribution in [0, 0.1) is 11.8 Å². The van der Waals surface area contributed by atoms with Crippen LogP contribution in [0.1, 0.15) is 31.6 Å². The fourth-order valence-corrected chi connectivity index (χ4v) is 3.47. The number of hydrogen-bond acceptors (Lipinski definition) is 2. The van der Waals surface area contributed by atoms with Crippen LogP contribution >= 0.6 is 27.3 Å². The summed E-state index contributed by atoms with van der Waals surface area (Å²) in [5.74, 6) is 1.69. The Morgan fingerprint density at radius 1 is 1.53 bits per heavy atom. The molecular weight excluding hydrogens is 270 g/mol. The van der Waals surface area contributed by atoms with Crippen molar-refractivity contribution in [2.45, 2.75) is 39.3 Å². The quantitative estimate of drug-likeness (QED) is 0.862. The van der Waals surface area contributed by atoms with Gasteiger partial charge in [-0.3, -0.25) is 0 Å². The Morgan fingerprint density at radius 3 is 2.73 bits per heavy atom.